The zero-order chi connectivity index (χ0) is 18.8. The second-order valence-corrected chi connectivity index (χ2v) is 6.99. The number of ketones is 1. The minimum atomic E-state index is -0.579. The van der Waals surface area contributed by atoms with E-state index in [1.54, 1.807) is 0 Å². The molecule has 134 valence electrons. The number of thiazole rings is 1. The van der Waals surface area contributed by atoms with Gasteiger partial charge in [0, 0.05) is 11.3 Å². The van der Waals surface area contributed by atoms with E-state index in [-0.39, 0.29) is 16.5 Å². The van der Waals surface area contributed by atoms with E-state index in [1.165, 1.54) is 7.11 Å². The minimum Gasteiger partial charge on any atom is -0.464 e. The third-order valence-electron chi connectivity index (χ3n) is 4.31. The zero-order valence-corrected chi connectivity index (χ0v) is 15.4. The van der Waals surface area contributed by atoms with Gasteiger partial charge in [0.25, 0.3) is 0 Å². The molecule has 0 saturated carbocycles. The van der Waals surface area contributed by atoms with Crippen molar-refractivity contribution in [2.75, 3.05) is 12.4 Å². The summed E-state index contributed by atoms with van der Waals surface area (Å²) in [5.41, 5.74) is 3.59. The summed E-state index contributed by atoms with van der Waals surface area (Å²) in [6.45, 7) is 0. The topological polar surface area (TPSA) is 68.3 Å². The molecule has 0 spiro atoms. The maximum atomic E-state index is 13.0. The molecule has 0 saturated heterocycles. The van der Waals surface area contributed by atoms with E-state index in [2.05, 4.69) is 10.3 Å². The van der Waals surface area contributed by atoms with Crippen LogP contribution in [0.5, 0.6) is 0 Å². The number of anilines is 2. The number of methoxy groups -OCH3 is 1. The molecule has 5 nitrogen and oxygen atoms in total. The average molecular weight is 376 g/mol. The standard InChI is InChI=1S/C21H16N2O3S/c1-26-21(25)17-19(22-14-8-3-2-4-9-14)27-20(23-17)18(24)16-12-11-13-7-5-6-10-15(13)16/h2-10,12,22H,11H2,1H3. The molecule has 0 amide bonds. The molecule has 1 heterocycles. The molecule has 0 radical (unpaired) electrons. The lowest BCUT2D eigenvalue weighted by molar-refractivity contribution is 0.0596. The van der Waals surface area contributed by atoms with Crippen LogP contribution in [-0.2, 0) is 11.2 Å². The monoisotopic (exact) mass is 376 g/mol. The SMILES string of the molecule is COC(=O)c1nc(C(=O)C2=CCc3ccccc32)sc1Nc1ccccc1. The average Bonchev–Trinajstić information content (AvgIpc) is 3.32. The Morgan fingerprint density at radius 1 is 1.07 bits per heavy atom. The van der Waals surface area contributed by atoms with E-state index in [0.29, 0.717) is 10.6 Å². The number of allylic oxidation sites excluding steroid dienone is 2. The van der Waals surface area contributed by atoms with Gasteiger partial charge in [-0.15, -0.1) is 0 Å². The van der Waals surface area contributed by atoms with Gasteiger partial charge < -0.3 is 10.1 Å². The van der Waals surface area contributed by atoms with Crippen molar-refractivity contribution in [1.29, 1.82) is 0 Å². The first-order chi connectivity index (χ1) is 13.2. The Morgan fingerprint density at radius 2 is 1.81 bits per heavy atom. The molecule has 0 atom stereocenters. The molecule has 27 heavy (non-hydrogen) atoms. The van der Waals surface area contributed by atoms with E-state index in [4.69, 9.17) is 4.74 Å². The van der Waals surface area contributed by atoms with Gasteiger partial charge in [-0.2, -0.15) is 0 Å². The lowest BCUT2D eigenvalue weighted by Crippen LogP contribution is -2.06. The fourth-order valence-corrected chi connectivity index (χ4v) is 3.93. The van der Waals surface area contributed by atoms with Crippen molar-refractivity contribution < 1.29 is 14.3 Å². The van der Waals surface area contributed by atoms with Crippen molar-refractivity contribution in [3.63, 3.8) is 0 Å². The number of Topliss-reactive ketones (excluding diaryl/α,β-unsaturated/α-hetero) is 1. The van der Waals surface area contributed by atoms with E-state index < -0.39 is 5.97 Å². The summed E-state index contributed by atoms with van der Waals surface area (Å²) in [7, 11) is 1.30. The number of esters is 1. The second-order valence-electron chi connectivity index (χ2n) is 5.99. The molecule has 2 aromatic carbocycles. The number of rotatable bonds is 5. The first kappa shape index (κ1) is 17.2. The lowest BCUT2D eigenvalue weighted by Gasteiger charge is -2.04. The van der Waals surface area contributed by atoms with Crippen molar-refractivity contribution in [3.8, 4) is 0 Å². The quantitative estimate of drug-likeness (QED) is 0.525. The molecule has 3 aromatic rings. The molecule has 1 aliphatic carbocycles. The summed E-state index contributed by atoms with van der Waals surface area (Å²) in [4.78, 5) is 29.5. The molecule has 0 unspecified atom stereocenters. The van der Waals surface area contributed by atoms with Gasteiger partial charge in [-0.05, 0) is 29.7 Å². The third-order valence-corrected chi connectivity index (χ3v) is 5.28. The molecular weight excluding hydrogens is 360 g/mol. The summed E-state index contributed by atoms with van der Waals surface area (Å²) in [5.74, 6) is -0.763. The summed E-state index contributed by atoms with van der Waals surface area (Å²) in [6, 6.07) is 17.2. The molecular formula is C21H16N2O3S. The number of para-hydroxylation sites is 1. The zero-order valence-electron chi connectivity index (χ0n) is 14.6. The number of fused-ring (bicyclic) bond motifs is 1. The van der Waals surface area contributed by atoms with Crippen LogP contribution >= 0.6 is 11.3 Å². The van der Waals surface area contributed by atoms with Crippen molar-refractivity contribution in [2.45, 2.75) is 6.42 Å². The Kier molecular flexibility index (Phi) is 4.56. The highest BCUT2D eigenvalue weighted by Gasteiger charge is 2.27. The predicted molar refractivity (Wildman–Crippen MR) is 106 cm³/mol. The minimum absolute atomic E-state index is 0.113. The van der Waals surface area contributed by atoms with Crippen molar-refractivity contribution in [1.82, 2.24) is 4.98 Å². The second kappa shape index (κ2) is 7.17. The third kappa shape index (κ3) is 3.27. The molecule has 1 aromatic heterocycles. The number of nitrogens with zero attached hydrogens (tertiary/aromatic N) is 1. The summed E-state index contributed by atoms with van der Waals surface area (Å²) < 4.78 is 4.83. The van der Waals surface area contributed by atoms with E-state index in [9.17, 15) is 9.59 Å². The maximum absolute atomic E-state index is 13.0. The van der Waals surface area contributed by atoms with Gasteiger partial charge in [-0.3, -0.25) is 4.79 Å². The van der Waals surface area contributed by atoms with Crippen LogP contribution in [0.3, 0.4) is 0 Å². The summed E-state index contributed by atoms with van der Waals surface area (Å²) >= 11 is 1.15. The maximum Gasteiger partial charge on any atom is 0.359 e. The number of ether oxygens (including phenoxy) is 1. The Balaban J connectivity index is 1.69. The van der Waals surface area contributed by atoms with Gasteiger partial charge in [0.05, 0.1) is 7.11 Å². The normalized spacial score (nSPS) is 12.3. The van der Waals surface area contributed by atoms with Gasteiger partial charge in [0.1, 0.15) is 5.00 Å². The van der Waals surface area contributed by atoms with Crippen LogP contribution in [0.1, 0.15) is 31.4 Å². The molecule has 1 N–H and O–H groups in total. The van der Waals surface area contributed by atoms with Crippen LogP contribution in [-0.4, -0.2) is 23.8 Å². The first-order valence-corrected chi connectivity index (χ1v) is 9.23. The largest absolute Gasteiger partial charge is 0.464 e. The molecule has 0 aliphatic heterocycles. The highest BCUT2D eigenvalue weighted by atomic mass is 32.1. The fraction of sp³-hybridized carbons (Fsp3) is 0.0952. The van der Waals surface area contributed by atoms with Crippen LogP contribution in [0.4, 0.5) is 10.7 Å². The number of aromatic nitrogens is 1. The number of carbonyl (C=O) groups excluding carboxylic acids is 2. The van der Waals surface area contributed by atoms with Gasteiger partial charge in [-0.1, -0.05) is 59.9 Å². The van der Waals surface area contributed by atoms with E-state index >= 15 is 0 Å². The smallest absolute Gasteiger partial charge is 0.359 e. The van der Waals surface area contributed by atoms with Crippen LogP contribution in [0.25, 0.3) is 5.57 Å². The summed E-state index contributed by atoms with van der Waals surface area (Å²) in [5, 5.41) is 3.91. The Labute approximate surface area is 160 Å². The number of nitrogens with one attached hydrogen (secondary N) is 1. The van der Waals surface area contributed by atoms with Crippen LogP contribution < -0.4 is 5.32 Å². The van der Waals surface area contributed by atoms with Crippen molar-refractivity contribution >= 4 is 39.4 Å². The molecule has 0 bridgehead atoms. The molecule has 6 heteroatoms. The van der Waals surface area contributed by atoms with Gasteiger partial charge in [0.2, 0.25) is 5.78 Å². The number of hydrogen-bond donors (Lipinski definition) is 1. The molecule has 4 rings (SSSR count). The van der Waals surface area contributed by atoms with Gasteiger partial charge >= 0.3 is 5.97 Å². The Hall–Kier alpha value is -3.25. The number of hydrogen-bond acceptors (Lipinski definition) is 6. The van der Waals surface area contributed by atoms with Crippen molar-refractivity contribution in [3.05, 3.63) is 82.5 Å². The predicted octanol–water partition coefficient (Wildman–Crippen LogP) is 4.50. The number of carbonyl (C=O) groups is 2. The highest BCUT2D eigenvalue weighted by molar-refractivity contribution is 7.18. The molecule has 0 fully saturated rings. The van der Waals surface area contributed by atoms with Crippen LogP contribution in [0, 0.1) is 0 Å². The number of benzene rings is 2. The Morgan fingerprint density at radius 3 is 2.59 bits per heavy atom. The van der Waals surface area contributed by atoms with Crippen molar-refractivity contribution in [2.24, 2.45) is 0 Å². The van der Waals surface area contributed by atoms with Crippen LogP contribution in [0.15, 0.2) is 60.7 Å². The first-order valence-electron chi connectivity index (χ1n) is 8.41. The van der Waals surface area contributed by atoms with E-state index in [1.807, 2.05) is 60.7 Å². The highest BCUT2D eigenvalue weighted by Crippen LogP contribution is 2.34. The fourth-order valence-electron chi connectivity index (χ4n) is 3.00. The van der Waals surface area contributed by atoms with Crippen LogP contribution in [0.2, 0.25) is 0 Å². The van der Waals surface area contributed by atoms with Gasteiger partial charge in [-0.25, -0.2) is 9.78 Å². The summed E-state index contributed by atoms with van der Waals surface area (Å²) in [6.07, 6.45) is 2.64. The van der Waals surface area contributed by atoms with E-state index in [0.717, 1.165) is 34.6 Å². The van der Waals surface area contributed by atoms with Gasteiger partial charge in [0.15, 0.2) is 10.7 Å². The molecule has 1 aliphatic rings. The lowest BCUT2D eigenvalue weighted by atomic mass is 10.0. The Bertz CT molecular complexity index is 1050.